The average molecular weight is 220 g/mol. The molecule has 84 valence electrons. The Balaban J connectivity index is 2.22. The molecule has 16 heavy (non-hydrogen) atoms. The lowest BCUT2D eigenvalue weighted by atomic mass is 10.2. The van der Waals surface area contributed by atoms with Gasteiger partial charge in [0.15, 0.2) is 0 Å². The van der Waals surface area contributed by atoms with Gasteiger partial charge in [-0.15, -0.1) is 0 Å². The third-order valence-corrected chi connectivity index (χ3v) is 2.16. The summed E-state index contributed by atoms with van der Waals surface area (Å²) in [5.41, 5.74) is 1.10. The van der Waals surface area contributed by atoms with Crippen molar-refractivity contribution in [2.45, 2.75) is 0 Å². The Bertz CT molecular complexity index is 429. The van der Waals surface area contributed by atoms with Crippen molar-refractivity contribution >= 4 is 17.7 Å². The van der Waals surface area contributed by atoms with E-state index < -0.39 is 0 Å². The molecule has 5 nitrogen and oxygen atoms in total. The summed E-state index contributed by atoms with van der Waals surface area (Å²) in [4.78, 5) is 15.6. The van der Waals surface area contributed by atoms with Crippen LogP contribution in [0.25, 0.3) is 0 Å². The Morgan fingerprint density at radius 2 is 2.31 bits per heavy atom. The molecule has 0 bridgehead atoms. The van der Waals surface area contributed by atoms with Crippen molar-refractivity contribution in [3.05, 3.63) is 29.8 Å². The van der Waals surface area contributed by atoms with Crippen molar-refractivity contribution in [2.24, 2.45) is 4.99 Å². The summed E-state index contributed by atoms with van der Waals surface area (Å²) >= 11 is 0. The van der Waals surface area contributed by atoms with Crippen molar-refractivity contribution in [1.29, 1.82) is 0 Å². The number of carbonyl (C=O) groups excluding carboxylic acids is 1. The van der Waals surface area contributed by atoms with Crippen LogP contribution in [0.15, 0.2) is 29.3 Å². The zero-order valence-electron chi connectivity index (χ0n) is 8.90. The predicted molar refractivity (Wildman–Crippen MR) is 59.7 cm³/mol. The number of methoxy groups -OCH3 is 1. The molecular weight excluding hydrogens is 208 g/mol. The number of carbonyl (C=O) groups is 1. The number of aliphatic imine (C=N–C) groups is 1. The molecular formula is C11H12N2O3. The largest absolute Gasteiger partial charge is 0.465 e. The number of hydrogen-bond donors (Lipinski definition) is 1. The molecule has 0 aliphatic carbocycles. The summed E-state index contributed by atoms with van der Waals surface area (Å²) in [7, 11) is 1.35. The van der Waals surface area contributed by atoms with Gasteiger partial charge in [-0.2, -0.15) is 0 Å². The highest BCUT2D eigenvalue weighted by Gasteiger charge is 2.14. The molecule has 0 unspecified atom stereocenters. The van der Waals surface area contributed by atoms with Gasteiger partial charge >= 0.3 is 5.97 Å². The number of esters is 1. The zero-order chi connectivity index (χ0) is 11.4. The smallest absolute Gasteiger partial charge is 0.339 e. The molecule has 2 rings (SSSR count). The van der Waals surface area contributed by atoms with Crippen LogP contribution < -0.4 is 5.32 Å². The molecule has 0 amide bonds. The molecule has 0 spiro atoms. The number of benzene rings is 1. The number of hydrogen-bond acceptors (Lipinski definition) is 5. The Morgan fingerprint density at radius 1 is 1.50 bits per heavy atom. The van der Waals surface area contributed by atoms with Crippen LogP contribution in [0, 0.1) is 0 Å². The fraction of sp³-hybridized carbons (Fsp3) is 0.273. The molecule has 0 radical (unpaired) electrons. The number of nitrogens with zero attached hydrogens (tertiary/aromatic N) is 1. The van der Waals surface area contributed by atoms with E-state index in [9.17, 15) is 4.79 Å². The summed E-state index contributed by atoms with van der Waals surface area (Å²) in [6.45, 7) is 1.21. The first kappa shape index (κ1) is 10.5. The molecule has 0 saturated carbocycles. The molecule has 5 heteroatoms. The van der Waals surface area contributed by atoms with E-state index in [0.717, 1.165) is 0 Å². The van der Waals surface area contributed by atoms with Crippen molar-refractivity contribution in [3.8, 4) is 0 Å². The van der Waals surface area contributed by atoms with Crippen LogP contribution in [0.2, 0.25) is 0 Å². The van der Waals surface area contributed by atoms with E-state index in [2.05, 4.69) is 15.0 Å². The minimum absolute atomic E-state index is 0.387. The molecule has 0 fully saturated rings. The molecule has 1 aromatic carbocycles. The van der Waals surface area contributed by atoms with Gasteiger partial charge in [0, 0.05) is 0 Å². The zero-order valence-corrected chi connectivity index (χ0v) is 8.90. The topological polar surface area (TPSA) is 59.9 Å². The first-order chi connectivity index (χ1) is 7.81. The fourth-order valence-corrected chi connectivity index (χ4v) is 1.41. The molecule has 0 aromatic heterocycles. The van der Waals surface area contributed by atoms with Gasteiger partial charge in [0.2, 0.25) is 0 Å². The second-order valence-corrected chi connectivity index (χ2v) is 3.20. The summed E-state index contributed by atoms with van der Waals surface area (Å²) in [6, 6.07) is 7.50. The third-order valence-electron chi connectivity index (χ3n) is 2.16. The van der Waals surface area contributed by atoms with Gasteiger partial charge < -0.3 is 14.8 Å². The minimum atomic E-state index is -0.387. The molecule has 0 atom stereocenters. The van der Waals surface area contributed by atoms with E-state index in [0.29, 0.717) is 30.4 Å². The van der Waals surface area contributed by atoms with E-state index in [-0.39, 0.29) is 5.97 Å². The molecule has 1 aliphatic rings. The normalized spacial score (nSPS) is 13.9. The van der Waals surface area contributed by atoms with Gasteiger partial charge in [-0.25, -0.2) is 9.79 Å². The number of nitrogens with one attached hydrogen (secondary N) is 1. The van der Waals surface area contributed by atoms with Gasteiger partial charge in [-0.3, -0.25) is 0 Å². The first-order valence-electron chi connectivity index (χ1n) is 4.93. The monoisotopic (exact) mass is 220 g/mol. The lowest BCUT2D eigenvalue weighted by molar-refractivity contribution is 0.0602. The van der Waals surface area contributed by atoms with E-state index in [4.69, 9.17) is 4.74 Å². The van der Waals surface area contributed by atoms with Crippen LogP contribution in [0.3, 0.4) is 0 Å². The number of amidine groups is 1. The van der Waals surface area contributed by atoms with E-state index in [1.54, 1.807) is 18.2 Å². The molecule has 1 heterocycles. The summed E-state index contributed by atoms with van der Waals surface area (Å²) in [5.74, 6) is -0.387. The van der Waals surface area contributed by atoms with Crippen LogP contribution in [0.5, 0.6) is 0 Å². The lowest BCUT2D eigenvalue weighted by Gasteiger charge is -2.09. The minimum Gasteiger partial charge on any atom is -0.465 e. The van der Waals surface area contributed by atoms with Crippen molar-refractivity contribution in [1.82, 2.24) is 0 Å². The Kier molecular flexibility index (Phi) is 3.05. The quantitative estimate of drug-likeness (QED) is 0.762. The Morgan fingerprint density at radius 3 is 3.00 bits per heavy atom. The highest BCUT2D eigenvalue weighted by atomic mass is 16.5. The van der Waals surface area contributed by atoms with Crippen LogP contribution in [0.1, 0.15) is 10.4 Å². The average Bonchev–Trinajstić information content (AvgIpc) is 2.82. The van der Waals surface area contributed by atoms with Crippen molar-refractivity contribution in [3.63, 3.8) is 0 Å². The maximum Gasteiger partial charge on any atom is 0.339 e. The highest BCUT2D eigenvalue weighted by molar-refractivity contribution is 6.00. The number of ether oxygens (including phenoxy) is 2. The fourth-order valence-electron chi connectivity index (χ4n) is 1.41. The van der Waals surface area contributed by atoms with E-state index in [1.165, 1.54) is 7.11 Å². The molecule has 1 N–H and O–H groups in total. The van der Waals surface area contributed by atoms with Crippen molar-refractivity contribution < 1.29 is 14.3 Å². The lowest BCUT2D eigenvalue weighted by Crippen LogP contribution is -2.15. The molecule has 1 aliphatic heterocycles. The Labute approximate surface area is 93.1 Å². The standard InChI is InChI=1S/C11H12N2O3/c1-15-10(14)8-4-2-3-5-9(8)13-11-12-6-7-16-11/h2-5H,6-7H2,1H3,(H,12,13). The van der Waals surface area contributed by atoms with Gasteiger partial charge in [-0.05, 0) is 12.1 Å². The predicted octanol–water partition coefficient (Wildman–Crippen LogP) is 1.27. The summed E-state index contributed by atoms with van der Waals surface area (Å²) in [6.07, 6.45) is 0. The Hall–Kier alpha value is -2.04. The van der Waals surface area contributed by atoms with Crippen LogP contribution in [-0.2, 0) is 9.47 Å². The van der Waals surface area contributed by atoms with Crippen LogP contribution in [0.4, 0.5) is 5.69 Å². The van der Waals surface area contributed by atoms with Gasteiger partial charge in [0.05, 0.1) is 24.9 Å². The molecule has 0 saturated heterocycles. The second kappa shape index (κ2) is 4.65. The maximum absolute atomic E-state index is 11.5. The number of anilines is 1. The SMILES string of the molecule is COC(=O)c1ccccc1NC1=NCCO1. The summed E-state index contributed by atoms with van der Waals surface area (Å²) in [5, 5.41) is 2.95. The van der Waals surface area contributed by atoms with Crippen LogP contribution in [-0.4, -0.2) is 32.3 Å². The number of rotatable bonds is 2. The molecule has 1 aromatic rings. The first-order valence-corrected chi connectivity index (χ1v) is 4.93. The van der Waals surface area contributed by atoms with Gasteiger partial charge in [-0.1, -0.05) is 12.1 Å². The van der Waals surface area contributed by atoms with Crippen molar-refractivity contribution in [2.75, 3.05) is 25.6 Å². The maximum atomic E-state index is 11.5. The van der Waals surface area contributed by atoms with Gasteiger partial charge in [0.25, 0.3) is 6.02 Å². The third kappa shape index (κ3) is 2.13. The highest BCUT2D eigenvalue weighted by Crippen LogP contribution is 2.16. The van der Waals surface area contributed by atoms with E-state index in [1.807, 2.05) is 6.07 Å². The van der Waals surface area contributed by atoms with Gasteiger partial charge in [0.1, 0.15) is 6.61 Å². The number of para-hydroxylation sites is 1. The summed E-state index contributed by atoms with van der Waals surface area (Å²) < 4.78 is 9.89. The van der Waals surface area contributed by atoms with Crippen LogP contribution >= 0.6 is 0 Å². The second-order valence-electron chi connectivity index (χ2n) is 3.20. The van der Waals surface area contributed by atoms with E-state index >= 15 is 0 Å².